The number of aliphatic carboxylic acids is 1. The molecule has 0 radical (unpaired) electrons. The van der Waals surface area contributed by atoms with Crippen molar-refractivity contribution < 1.29 is 19.5 Å². The molecule has 0 aliphatic heterocycles. The van der Waals surface area contributed by atoms with Gasteiger partial charge in [-0.05, 0) is 32.4 Å². The summed E-state index contributed by atoms with van der Waals surface area (Å²) >= 11 is 1.38. The van der Waals surface area contributed by atoms with Crippen molar-refractivity contribution >= 4 is 29.5 Å². The van der Waals surface area contributed by atoms with E-state index in [1.54, 1.807) is 6.92 Å². The molecule has 0 saturated carbocycles. The minimum absolute atomic E-state index is 0.0456. The molecule has 0 aromatic carbocycles. The SMILES string of the molecule is CCC(C)NC(=O)C(C)SCCC(NC(C)=O)C(=O)O. The van der Waals surface area contributed by atoms with Gasteiger partial charge in [0.05, 0.1) is 5.25 Å². The number of carboxylic acid groups (broad SMARTS) is 1. The van der Waals surface area contributed by atoms with Crippen molar-refractivity contribution in [3.05, 3.63) is 0 Å². The van der Waals surface area contributed by atoms with Crippen molar-refractivity contribution in [1.29, 1.82) is 0 Å². The second-order valence-electron chi connectivity index (χ2n) is 4.71. The van der Waals surface area contributed by atoms with Crippen LogP contribution in [0, 0.1) is 0 Å². The predicted molar refractivity (Wildman–Crippen MR) is 79.7 cm³/mol. The molecule has 20 heavy (non-hydrogen) atoms. The lowest BCUT2D eigenvalue weighted by Gasteiger charge is -2.17. The van der Waals surface area contributed by atoms with E-state index in [4.69, 9.17) is 5.11 Å². The summed E-state index contributed by atoms with van der Waals surface area (Å²) in [5.41, 5.74) is 0. The molecule has 0 saturated heterocycles. The number of nitrogens with one attached hydrogen (secondary N) is 2. The lowest BCUT2D eigenvalue weighted by molar-refractivity contribution is -0.141. The Morgan fingerprint density at radius 1 is 1.20 bits per heavy atom. The number of carboxylic acids is 1. The first-order valence-corrected chi connectivity index (χ1v) is 7.74. The average Bonchev–Trinajstić information content (AvgIpc) is 2.36. The largest absolute Gasteiger partial charge is 0.480 e. The number of hydrogen-bond acceptors (Lipinski definition) is 4. The maximum absolute atomic E-state index is 11.8. The van der Waals surface area contributed by atoms with Crippen LogP contribution in [0.3, 0.4) is 0 Å². The highest BCUT2D eigenvalue weighted by Crippen LogP contribution is 2.13. The fraction of sp³-hybridized carbons (Fsp3) is 0.769. The van der Waals surface area contributed by atoms with Crippen LogP contribution >= 0.6 is 11.8 Å². The Balaban J connectivity index is 4.10. The van der Waals surface area contributed by atoms with Gasteiger partial charge >= 0.3 is 5.97 Å². The van der Waals surface area contributed by atoms with Crippen LogP contribution in [0.4, 0.5) is 0 Å². The van der Waals surface area contributed by atoms with E-state index in [0.29, 0.717) is 12.2 Å². The van der Waals surface area contributed by atoms with Crippen molar-refractivity contribution in [2.45, 2.75) is 57.9 Å². The summed E-state index contributed by atoms with van der Waals surface area (Å²) in [5, 5.41) is 14.0. The zero-order chi connectivity index (χ0) is 15.7. The third-order valence-electron chi connectivity index (χ3n) is 2.82. The van der Waals surface area contributed by atoms with E-state index in [1.165, 1.54) is 18.7 Å². The highest BCUT2D eigenvalue weighted by Gasteiger charge is 2.20. The van der Waals surface area contributed by atoms with Gasteiger partial charge in [-0.2, -0.15) is 0 Å². The molecule has 116 valence electrons. The Morgan fingerprint density at radius 2 is 1.80 bits per heavy atom. The van der Waals surface area contributed by atoms with E-state index in [9.17, 15) is 14.4 Å². The van der Waals surface area contributed by atoms with E-state index in [0.717, 1.165) is 6.42 Å². The number of carbonyl (C=O) groups is 3. The van der Waals surface area contributed by atoms with Gasteiger partial charge in [-0.15, -0.1) is 11.8 Å². The fourth-order valence-electron chi connectivity index (χ4n) is 1.40. The van der Waals surface area contributed by atoms with E-state index in [-0.39, 0.29) is 23.1 Å². The lowest BCUT2D eigenvalue weighted by Crippen LogP contribution is -2.40. The Kier molecular flexibility index (Phi) is 9.03. The van der Waals surface area contributed by atoms with E-state index < -0.39 is 12.0 Å². The molecule has 0 rings (SSSR count). The monoisotopic (exact) mass is 304 g/mol. The van der Waals surface area contributed by atoms with Crippen LogP contribution in [0.5, 0.6) is 0 Å². The van der Waals surface area contributed by atoms with Crippen molar-refractivity contribution in [2.24, 2.45) is 0 Å². The Bertz CT molecular complexity index is 349. The van der Waals surface area contributed by atoms with E-state index >= 15 is 0 Å². The molecule has 7 heteroatoms. The molecule has 0 aromatic rings. The van der Waals surface area contributed by atoms with Gasteiger partial charge in [-0.3, -0.25) is 9.59 Å². The molecule has 0 bridgehead atoms. The molecule has 0 aromatic heterocycles. The van der Waals surface area contributed by atoms with Gasteiger partial charge in [0, 0.05) is 13.0 Å². The molecular weight excluding hydrogens is 280 g/mol. The van der Waals surface area contributed by atoms with Gasteiger partial charge in [-0.25, -0.2) is 4.79 Å². The van der Waals surface area contributed by atoms with Crippen molar-refractivity contribution in [3.63, 3.8) is 0 Å². The number of hydrogen-bond donors (Lipinski definition) is 3. The van der Waals surface area contributed by atoms with Crippen LogP contribution in [-0.2, 0) is 14.4 Å². The third-order valence-corrected chi connectivity index (χ3v) is 4.01. The third kappa shape index (κ3) is 8.04. The maximum Gasteiger partial charge on any atom is 0.326 e. The summed E-state index contributed by atoms with van der Waals surface area (Å²) < 4.78 is 0. The van der Waals surface area contributed by atoms with Gasteiger partial charge in [0.15, 0.2) is 0 Å². The highest BCUT2D eigenvalue weighted by atomic mass is 32.2. The van der Waals surface area contributed by atoms with Gasteiger partial charge in [0.25, 0.3) is 0 Å². The molecule has 3 N–H and O–H groups in total. The fourth-order valence-corrected chi connectivity index (χ4v) is 2.35. The summed E-state index contributed by atoms with van der Waals surface area (Å²) in [6, 6.07) is -0.762. The summed E-state index contributed by atoms with van der Waals surface area (Å²) in [4.78, 5) is 33.6. The summed E-state index contributed by atoms with van der Waals surface area (Å²) in [5.74, 6) is -0.981. The van der Waals surface area contributed by atoms with Crippen LogP contribution in [0.15, 0.2) is 0 Å². The number of rotatable bonds is 9. The maximum atomic E-state index is 11.8. The summed E-state index contributed by atoms with van der Waals surface area (Å²) in [6.07, 6.45) is 1.16. The molecule has 2 amide bonds. The van der Waals surface area contributed by atoms with Gasteiger partial charge in [-0.1, -0.05) is 6.92 Å². The zero-order valence-electron chi connectivity index (χ0n) is 12.4. The average molecular weight is 304 g/mol. The van der Waals surface area contributed by atoms with E-state index in [1.807, 2.05) is 13.8 Å². The predicted octanol–water partition coefficient (Wildman–Crippen LogP) is 1.00. The Labute approximate surface area is 124 Å². The molecule has 0 fully saturated rings. The number of carbonyl (C=O) groups excluding carboxylic acids is 2. The van der Waals surface area contributed by atoms with Gasteiger partial charge < -0.3 is 15.7 Å². The second-order valence-corrected chi connectivity index (χ2v) is 6.16. The first-order chi connectivity index (χ1) is 9.27. The molecule has 3 unspecified atom stereocenters. The van der Waals surface area contributed by atoms with Crippen LogP contribution in [-0.4, -0.2) is 46.0 Å². The summed E-state index contributed by atoms with van der Waals surface area (Å²) in [6.45, 7) is 7.00. The highest BCUT2D eigenvalue weighted by molar-refractivity contribution is 8.00. The zero-order valence-corrected chi connectivity index (χ0v) is 13.3. The standard InChI is InChI=1S/C13H24N2O4S/c1-5-8(2)14-12(17)9(3)20-7-6-11(13(18)19)15-10(4)16/h8-9,11H,5-7H2,1-4H3,(H,14,17)(H,15,16)(H,18,19). The second kappa shape index (κ2) is 9.63. The topological polar surface area (TPSA) is 95.5 Å². The minimum atomic E-state index is -1.06. The molecule has 0 spiro atoms. The van der Waals surface area contributed by atoms with Crippen LogP contribution in [0.1, 0.15) is 40.5 Å². The molecule has 0 heterocycles. The van der Waals surface area contributed by atoms with Crippen LogP contribution in [0.25, 0.3) is 0 Å². The molecule has 0 aliphatic carbocycles. The molecule has 3 atom stereocenters. The van der Waals surface area contributed by atoms with Gasteiger partial charge in [0.2, 0.25) is 11.8 Å². The van der Waals surface area contributed by atoms with Gasteiger partial charge in [0.1, 0.15) is 6.04 Å². The molecule has 0 aliphatic rings. The van der Waals surface area contributed by atoms with Crippen LogP contribution in [0.2, 0.25) is 0 Å². The summed E-state index contributed by atoms with van der Waals surface area (Å²) in [7, 11) is 0. The molecular formula is C13H24N2O4S. The van der Waals surface area contributed by atoms with Crippen LogP contribution < -0.4 is 10.6 Å². The lowest BCUT2D eigenvalue weighted by atomic mass is 10.2. The first-order valence-electron chi connectivity index (χ1n) is 6.69. The van der Waals surface area contributed by atoms with Crippen molar-refractivity contribution in [3.8, 4) is 0 Å². The first kappa shape index (κ1) is 18.8. The quantitative estimate of drug-likeness (QED) is 0.591. The van der Waals surface area contributed by atoms with Crippen molar-refractivity contribution in [1.82, 2.24) is 10.6 Å². The number of thioether (sulfide) groups is 1. The Hall–Kier alpha value is -1.24. The Morgan fingerprint density at radius 3 is 2.25 bits per heavy atom. The smallest absolute Gasteiger partial charge is 0.326 e. The normalized spacial score (nSPS) is 15.0. The van der Waals surface area contributed by atoms with E-state index in [2.05, 4.69) is 10.6 Å². The number of amides is 2. The van der Waals surface area contributed by atoms with Crippen molar-refractivity contribution in [2.75, 3.05) is 5.75 Å². The minimum Gasteiger partial charge on any atom is -0.480 e. The molecule has 6 nitrogen and oxygen atoms in total.